The van der Waals surface area contributed by atoms with Crippen LogP contribution in [0, 0.1) is 11.3 Å². The van der Waals surface area contributed by atoms with Gasteiger partial charge in [-0.05, 0) is 47.5 Å². The number of carbonyl (C=O) groups is 1. The van der Waals surface area contributed by atoms with Crippen LogP contribution in [0.3, 0.4) is 0 Å². The van der Waals surface area contributed by atoms with E-state index in [1.807, 2.05) is 6.07 Å². The number of hydrogen-bond donors (Lipinski definition) is 1. The molecule has 1 aromatic carbocycles. The molecule has 2 rings (SSSR count). The maximum Gasteiger partial charge on any atom is 0.338 e. The van der Waals surface area contributed by atoms with Crippen molar-refractivity contribution >= 4 is 33.5 Å². The summed E-state index contributed by atoms with van der Waals surface area (Å²) in [5.74, 6) is -0.909. The summed E-state index contributed by atoms with van der Waals surface area (Å²) in [4.78, 5) is 12.3. The number of carbonyl (C=O) groups excluding carboxylic acids is 1. The van der Waals surface area contributed by atoms with E-state index in [4.69, 9.17) is 26.8 Å². The zero-order valence-corrected chi connectivity index (χ0v) is 14.9. The number of halogens is 2. The normalized spacial score (nSPS) is 17.6. The summed E-state index contributed by atoms with van der Waals surface area (Å²) in [6.45, 7) is 3.54. The number of rotatable bonds is 3. The van der Waals surface area contributed by atoms with E-state index in [-0.39, 0.29) is 23.6 Å². The van der Waals surface area contributed by atoms with Crippen LogP contribution in [0.1, 0.15) is 25.3 Å². The molecular weight excluding hydrogens is 384 g/mol. The van der Waals surface area contributed by atoms with Crippen LogP contribution in [0.15, 0.2) is 45.5 Å². The van der Waals surface area contributed by atoms with Gasteiger partial charge in [0.25, 0.3) is 0 Å². The van der Waals surface area contributed by atoms with Gasteiger partial charge >= 0.3 is 5.97 Å². The first-order chi connectivity index (χ1) is 10.9. The topological polar surface area (TPSA) is 85.3 Å². The lowest BCUT2D eigenvalue weighted by Gasteiger charge is -2.27. The Labute approximate surface area is 147 Å². The van der Waals surface area contributed by atoms with Crippen molar-refractivity contribution in [2.45, 2.75) is 19.8 Å². The van der Waals surface area contributed by atoms with E-state index in [2.05, 4.69) is 15.9 Å². The van der Waals surface area contributed by atoms with Gasteiger partial charge in [-0.3, -0.25) is 0 Å². The molecule has 1 aromatic rings. The molecule has 0 aromatic heterocycles. The zero-order valence-electron chi connectivity index (χ0n) is 12.5. The largest absolute Gasteiger partial charge is 0.463 e. The number of nitrogens with two attached hydrogens (primary N) is 1. The monoisotopic (exact) mass is 396 g/mol. The van der Waals surface area contributed by atoms with E-state index in [1.165, 1.54) is 0 Å². The molecule has 0 saturated heterocycles. The van der Waals surface area contributed by atoms with Gasteiger partial charge in [-0.1, -0.05) is 17.7 Å². The van der Waals surface area contributed by atoms with Crippen LogP contribution in [0.2, 0.25) is 5.02 Å². The molecule has 7 heteroatoms. The van der Waals surface area contributed by atoms with E-state index in [0.717, 1.165) is 0 Å². The second kappa shape index (κ2) is 7.07. The molecule has 0 aliphatic carbocycles. The summed E-state index contributed by atoms with van der Waals surface area (Å²) in [6.07, 6.45) is 0. The van der Waals surface area contributed by atoms with Gasteiger partial charge in [0.05, 0.1) is 23.1 Å². The number of nitriles is 1. The molecule has 1 heterocycles. The Morgan fingerprint density at radius 1 is 1.57 bits per heavy atom. The van der Waals surface area contributed by atoms with Crippen molar-refractivity contribution in [3.05, 3.63) is 56.0 Å². The number of allylic oxidation sites excluding steroid dienone is 2. The van der Waals surface area contributed by atoms with E-state index in [9.17, 15) is 10.1 Å². The van der Waals surface area contributed by atoms with Gasteiger partial charge in [0.15, 0.2) is 0 Å². The molecule has 0 saturated carbocycles. The molecule has 23 heavy (non-hydrogen) atoms. The predicted octanol–water partition coefficient (Wildman–Crippen LogP) is 3.75. The van der Waals surface area contributed by atoms with Crippen molar-refractivity contribution in [1.29, 1.82) is 5.26 Å². The molecule has 0 amide bonds. The molecule has 5 nitrogen and oxygen atoms in total. The van der Waals surface area contributed by atoms with Crippen LogP contribution in [0.25, 0.3) is 0 Å². The SMILES string of the molecule is CCOC(=O)C1=C(C)OC(N)=C(C#N)C1c1ccc(Cl)c(Br)c1. The third-order valence-corrected chi connectivity index (χ3v) is 4.59. The highest BCUT2D eigenvalue weighted by atomic mass is 79.9. The average molecular weight is 398 g/mol. The molecule has 1 aliphatic heterocycles. The van der Waals surface area contributed by atoms with Crippen molar-refractivity contribution in [3.63, 3.8) is 0 Å². The van der Waals surface area contributed by atoms with Gasteiger partial charge in [-0.25, -0.2) is 4.79 Å². The lowest BCUT2D eigenvalue weighted by atomic mass is 9.83. The van der Waals surface area contributed by atoms with Crippen LogP contribution in [0.4, 0.5) is 0 Å². The molecule has 0 bridgehead atoms. The van der Waals surface area contributed by atoms with Crippen molar-refractivity contribution in [2.75, 3.05) is 6.61 Å². The van der Waals surface area contributed by atoms with Gasteiger partial charge in [0, 0.05) is 4.47 Å². The van der Waals surface area contributed by atoms with Gasteiger partial charge in [0.2, 0.25) is 5.88 Å². The maximum atomic E-state index is 12.3. The van der Waals surface area contributed by atoms with E-state index < -0.39 is 11.9 Å². The number of ether oxygens (including phenoxy) is 2. The second-order valence-corrected chi connectivity index (χ2v) is 6.05. The Morgan fingerprint density at radius 2 is 2.26 bits per heavy atom. The maximum absolute atomic E-state index is 12.3. The highest BCUT2D eigenvalue weighted by molar-refractivity contribution is 9.10. The molecular formula is C16H14BrClN2O3. The molecule has 1 atom stereocenters. The van der Waals surface area contributed by atoms with Crippen LogP contribution >= 0.6 is 27.5 Å². The van der Waals surface area contributed by atoms with Crippen LogP contribution in [-0.4, -0.2) is 12.6 Å². The molecule has 1 unspecified atom stereocenters. The van der Waals surface area contributed by atoms with E-state index >= 15 is 0 Å². The molecule has 0 fully saturated rings. The molecule has 120 valence electrons. The van der Waals surface area contributed by atoms with E-state index in [0.29, 0.717) is 20.8 Å². The minimum absolute atomic E-state index is 0.0193. The Hall–Kier alpha value is -1.97. The molecule has 0 spiro atoms. The zero-order chi connectivity index (χ0) is 17.1. The van der Waals surface area contributed by atoms with Gasteiger partial charge in [-0.2, -0.15) is 5.26 Å². The smallest absolute Gasteiger partial charge is 0.338 e. The third kappa shape index (κ3) is 3.36. The Kier molecular flexibility index (Phi) is 5.34. The van der Waals surface area contributed by atoms with Crippen LogP contribution in [-0.2, 0) is 14.3 Å². The van der Waals surface area contributed by atoms with Gasteiger partial charge in [0.1, 0.15) is 17.4 Å². The fourth-order valence-corrected chi connectivity index (χ4v) is 2.89. The lowest BCUT2D eigenvalue weighted by Crippen LogP contribution is -2.25. The summed E-state index contributed by atoms with van der Waals surface area (Å²) < 4.78 is 11.1. The molecule has 0 radical (unpaired) electrons. The Morgan fingerprint density at radius 3 is 2.83 bits per heavy atom. The Balaban J connectivity index is 2.64. The minimum atomic E-state index is -0.665. The summed E-state index contributed by atoms with van der Waals surface area (Å²) >= 11 is 9.37. The highest BCUT2D eigenvalue weighted by Crippen LogP contribution is 2.41. The fraction of sp³-hybridized carbons (Fsp3) is 0.250. The Bertz CT molecular complexity index is 765. The summed E-state index contributed by atoms with van der Waals surface area (Å²) in [5.41, 5.74) is 6.93. The van der Waals surface area contributed by atoms with Gasteiger partial charge < -0.3 is 15.2 Å². The molecule has 1 aliphatic rings. The average Bonchev–Trinajstić information content (AvgIpc) is 2.49. The minimum Gasteiger partial charge on any atom is -0.463 e. The summed E-state index contributed by atoms with van der Waals surface area (Å²) in [5, 5.41) is 9.98. The number of benzene rings is 1. The predicted molar refractivity (Wildman–Crippen MR) is 89.1 cm³/mol. The van der Waals surface area contributed by atoms with Crippen molar-refractivity contribution in [3.8, 4) is 6.07 Å². The summed E-state index contributed by atoms with van der Waals surface area (Å²) in [7, 11) is 0. The lowest BCUT2D eigenvalue weighted by molar-refractivity contribution is -0.139. The highest BCUT2D eigenvalue weighted by Gasteiger charge is 2.36. The quantitative estimate of drug-likeness (QED) is 0.785. The van der Waals surface area contributed by atoms with Crippen molar-refractivity contribution in [1.82, 2.24) is 0 Å². The third-order valence-electron chi connectivity index (χ3n) is 3.38. The number of nitrogens with zero attached hydrogens (tertiary/aromatic N) is 1. The first-order valence-corrected chi connectivity index (χ1v) is 7.98. The molecule has 2 N–H and O–H groups in total. The van der Waals surface area contributed by atoms with Crippen molar-refractivity contribution < 1.29 is 14.3 Å². The van der Waals surface area contributed by atoms with Crippen LogP contribution < -0.4 is 5.73 Å². The van der Waals surface area contributed by atoms with Gasteiger partial charge in [-0.15, -0.1) is 0 Å². The van der Waals surface area contributed by atoms with Crippen molar-refractivity contribution in [2.24, 2.45) is 5.73 Å². The number of hydrogen-bond acceptors (Lipinski definition) is 5. The van der Waals surface area contributed by atoms with Crippen LogP contribution in [0.5, 0.6) is 0 Å². The van der Waals surface area contributed by atoms with E-state index in [1.54, 1.807) is 32.0 Å². The fourth-order valence-electron chi connectivity index (χ4n) is 2.38. The first kappa shape index (κ1) is 17.4. The number of esters is 1. The summed E-state index contributed by atoms with van der Waals surface area (Å²) in [6, 6.07) is 7.19. The second-order valence-electron chi connectivity index (χ2n) is 4.79. The standard InChI is InChI=1S/C16H14BrClN2O3/c1-3-22-16(21)13-8(2)23-15(20)10(7-19)14(13)9-4-5-12(18)11(17)6-9/h4-6,14H,3,20H2,1-2H3. The first-order valence-electron chi connectivity index (χ1n) is 6.81.